The molecule has 5 heteroatoms. The van der Waals surface area contributed by atoms with Crippen LogP contribution >= 0.6 is 0 Å². The summed E-state index contributed by atoms with van der Waals surface area (Å²) < 4.78 is 17.4. The summed E-state index contributed by atoms with van der Waals surface area (Å²) >= 11 is 0. The monoisotopic (exact) mass is 919 g/mol. The predicted molar refractivity (Wildman–Crippen MR) is 288 cm³/mol. The Balaban J connectivity index is 4.31. The summed E-state index contributed by atoms with van der Waals surface area (Å²) in [6, 6.07) is 0. The molecule has 0 aromatic rings. The molecule has 0 rings (SSSR count). The number of carbonyl (C=O) groups is 2. The summed E-state index contributed by atoms with van der Waals surface area (Å²) in [5.74, 6) is -0.493. The molecule has 0 amide bonds. The van der Waals surface area contributed by atoms with Crippen LogP contribution in [0.3, 0.4) is 0 Å². The van der Waals surface area contributed by atoms with E-state index in [2.05, 4.69) is 99.8 Å². The molecule has 0 fully saturated rings. The van der Waals surface area contributed by atoms with Gasteiger partial charge in [0.15, 0.2) is 6.10 Å². The molecule has 0 saturated heterocycles. The highest BCUT2D eigenvalue weighted by Gasteiger charge is 2.17. The fourth-order valence-corrected chi connectivity index (χ4v) is 7.73. The maximum absolute atomic E-state index is 12.8. The number of carbonyl (C=O) groups excluding carboxylic acids is 2. The molecule has 0 N–H and O–H groups in total. The first-order valence-electron chi connectivity index (χ1n) is 28.1. The molecule has 0 aromatic heterocycles. The number of hydrogen-bond donors (Lipinski definition) is 0. The van der Waals surface area contributed by atoms with Gasteiger partial charge in [0.25, 0.3) is 0 Å². The molecule has 0 radical (unpaired) electrons. The SMILES string of the molecule is CC/C=C\C/C=C\C/C=C\C/C=C\CCC(=O)OC(COCCCCCCCCCC/C=C\CCCCCCCC)COC(=O)CCCCCCCCCCC/C=C\C/C=C\CCCCC. The van der Waals surface area contributed by atoms with Crippen LogP contribution in [-0.4, -0.2) is 37.9 Å². The molecule has 0 spiro atoms. The van der Waals surface area contributed by atoms with Crippen molar-refractivity contribution < 1.29 is 23.8 Å². The topological polar surface area (TPSA) is 61.8 Å². The van der Waals surface area contributed by atoms with Crippen molar-refractivity contribution in [3.8, 4) is 0 Å². The first-order valence-corrected chi connectivity index (χ1v) is 28.1. The van der Waals surface area contributed by atoms with Gasteiger partial charge in [-0.2, -0.15) is 0 Å². The van der Waals surface area contributed by atoms with E-state index in [1.807, 2.05) is 6.08 Å². The van der Waals surface area contributed by atoms with Crippen molar-refractivity contribution in [1.29, 1.82) is 0 Å². The van der Waals surface area contributed by atoms with Crippen molar-refractivity contribution in [3.63, 3.8) is 0 Å². The standard InChI is InChI=1S/C61H106O5/c1-4-7-10-13-16-19-22-25-27-29-31-32-34-37-39-42-45-48-51-54-60(62)65-58-59(66-61(63)55-52-49-46-43-40-36-24-21-18-15-12-9-6-3)57-64-56-53-50-47-44-41-38-35-33-30-28-26-23-20-17-14-11-8-5-2/h9,12,16,18-19,21,25-28,36,40,46,49,59H,4-8,10-11,13-15,17,20,22-24,29-35,37-39,41-45,47-48,50-58H2,1-3H3/b12-9-,19-16-,21-18-,27-25-,28-26-,40-36-,49-46-. The maximum atomic E-state index is 12.8. The van der Waals surface area contributed by atoms with Crippen LogP contribution in [0.1, 0.15) is 265 Å². The molecule has 0 aliphatic heterocycles. The minimum atomic E-state index is -0.581. The Morgan fingerprint density at radius 1 is 0.348 bits per heavy atom. The first-order chi connectivity index (χ1) is 32.6. The molecule has 0 aromatic carbocycles. The highest BCUT2D eigenvalue weighted by molar-refractivity contribution is 5.70. The van der Waals surface area contributed by atoms with E-state index in [4.69, 9.17) is 14.2 Å². The molecule has 0 aliphatic rings. The summed E-state index contributed by atoms with van der Waals surface area (Å²) in [5.41, 5.74) is 0. The van der Waals surface area contributed by atoms with Crippen LogP contribution < -0.4 is 0 Å². The number of allylic oxidation sites excluding steroid dienone is 14. The van der Waals surface area contributed by atoms with Gasteiger partial charge in [-0.05, 0) is 103 Å². The Hall–Kier alpha value is -2.92. The normalized spacial score (nSPS) is 12.8. The molecule has 0 bridgehead atoms. The first kappa shape index (κ1) is 63.1. The van der Waals surface area contributed by atoms with E-state index in [1.165, 1.54) is 161 Å². The van der Waals surface area contributed by atoms with Crippen LogP contribution in [0, 0.1) is 0 Å². The summed E-state index contributed by atoms with van der Waals surface area (Å²) in [6.45, 7) is 7.61. The zero-order valence-electron chi connectivity index (χ0n) is 43.7. The van der Waals surface area contributed by atoms with Crippen LogP contribution in [0.2, 0.25) is 0 Å². The summed E-state index contributed by atoms with van der Waals surface area (Å²) in [5, 5.41) is 0. The van der Waals surface area contributed by atoms with Gasteiger partial charge in [0, 0.05) is 19.4 Å². The lowest BCUT2D eigenvalue weighted by molar-refractivity contribution is -0.162. The average Bonchev–Trinajstić information content (AvgIpc) is 3.32. The van der Waals surface area contributed by atoms with Gasteiger partial charge >= 0.3 is 11.9 Å². The highest BCUT2D eigenvalue weighted by Crippen LogP contribution is 2.14. The molecule has 0 saturated carbocycles. The molecule has 5 nitrogen and oxygen atoms in total. The van der Waals surface area contributed by atoms with E-state index in [-0.39, 0.29) is 25.2 Å². The van der Waals surface area contributed by atoms with Crippen LogP contribution in [0.5, 0.6) is 0 Å². The maximum Gasteiger partial charge on any atom is 0.306 e. The largest absolute Gasteiger partial charge is 0.462 e. The molecular weight excluding hydrogens is 813 g/mol. The fraction of sp³-hybridized carbons (Fsp3) is 0.738. The number of rotatable bonds is 51. The van der Waals surface area contributed by atoms with E-state index in [1.54, 1.807) is 0 Å². The van der Waals surface area contributed by atoms with Gasteiger partial charge in [-0.3, -0.25) is 9.59 Å². The van der Waals surface area contributed by atoms with Gasteiger partial charge in [-0.25, -0.2) is 0 Å². The second-order valence-electron chi connectivity index (χ2n) is 18.4. The smallest absolute Gasteiger partial charge is 0.306 e. The molecule has 1 atom stereocenters. The van der Waals surface area contributed by atoms with Crippen LogP contribution in [0.15, 0.2) is 85.1 Å². The van der Waals surface area contributed by atoms with Gasteiger partial charge in [-0.1, -0.05) is 234 Å². The van der Waals surface area contributed by atoms with Crippen molar-refractivity contribution in [2.45, 2.75) is 271 Å². The zero-order valence-corrected chi connectivity index (χ0v) is 43.7. The van der Waals surface area contributed by atoms with Crippen molar-refractivity contribution in [3.05, 3.63) is 85.1 Å². The third-order valence-corrected chi connectivity index (χ3v) is 11.9. The lowest BCUT2D eigenvalue weighted by Crippen LogP contribution is -2.30. The summed E-state index contributed by atoms with van der Waals surface area (Å²) in [7, 11) is 0. The Labute approximate surface area is 409 Å². The minimum absolute atomic E-state index is 0.0510. The lowest BCUT2D eigenvalue weighted by Gasteiger charge is -2.18. The molecular formula is C61H106O5. The summed E-state index contributed by atoms with van der Waals surface area (Å²) in [4.78, 5) is 25.4. The number of hydrogen-bond acceptors (Lipinski definition) is 5. The second-order valence-corrected chi connectivity index (χ2v) is 18.4. The van der Waals surface area contributed by atoms with E-state index >= 15 is 0 Å². The third kappa shape index (κ3) is 53.7. The minimum Gasteiger partial charge on any atom is -0.462 e. The molecule has 1 unspecified atom stereocenters. The van der Waals surface area contributed by atoms with Crippen LogP contribution in [-0.2, 0) is 23.8 Å². The van der Waals surface area contributed by atoms with Gasteiger partial charge < -0.3 is 14.2 Å². The molecule has 0 aliphatic carbocycles. The van der Waals surface area contributed by atoms with E-state index in [9.17, 15) is 9.59 Å². The van der Waals surface area contributed by atoms with Gasteiger partial charge in [0.1, 0.15) is 6.61 Å². The highest BCUT2D eigenvalue weighted by atomic mass is 16.6. The Bertz CT molecular complexity index is 1220. The molecule has 380 valence electrons. The van der Waals surface area contributed by atoms with Crippen molar-refractivity contribution in [2.24, 2.45) is 0 Å². The van der Waals surface area contributed by atoms with E-state index < -0.39 is 6.10 Å². The number of unbranched alkanes of at least 4 members (excludes halogenated alkanes) is 26. The van der Waals surface area contributed by atoms with Gasteiger partial charge in [0.05, 0.1) is 6.61 Å². The lowest BCUT2D eigenvalue weighted by atomic mass is 10.1. The zero-order chi connectivity index (χ0) is 47.7. The number of ether oxygens (including phenoxy) is 3. The van der Waals surface area contributed by atoms with Gasteiger partial charge in [-0.15, -0.1) is 0 Å². The fourth-order valence-electron chi connectivity index (χ4n) is 7.73. The number of esters is 2. The summed E-state index contributed by atoms with van der Waals surface area (Å²) in [6.07, 6.45) is 74.7. The van der Waals surface area contributed by atoms with Crippen molar-refractivity contribution in [2.75, 3.05) is 19.8 Å². The predicted octanol–water partition coefficient (Wildman–Crippen LogP) is 19.2. The second kappa shape index (κ2) is 56.4. The Morgan fingerprint density at radius 3 is 1.20 bits per heavy atom. The molecule has 0 heterocycles. The Kier molecular flexibility index (Phi) is 53.9. The average molecular weight is 920 g/mol. The van der Waals surface area contributed by atoms with Gasteiger partial charge in [0.2, 0.25) is 0 Å². The van der Waals surface area contributed by atoms with E-state index in [0.29, 0.717) is 25.9 Å². The third-order valence-electron chi connectivity index (χ3n) is 11.9. The van der Waals surface area contributed by atoms with Crippen molar-refractivity contribution >= 4 is 11.9 Å². The van der Waals surface area contributed by atoms with Crippen molar-refractivity contribution in [1.82, 2.24) is 0 Å². The van der Waals surface area contributed by atoms with Crippen LogP contribution in [0.25, 0.3) is 0 Å². The Morgan fingerprint density at radius 2 is 0.712 bits per heavy atom. The van der Waals surface area contributed by atoms with Crippen LogP contribution in [0.4, 0.5) is 0 Å². The van der Waals surface area contributed by atoms with E-state index in [0.717, 1.165) is 64.2 Å². The molecule has 66 heavy (non-hydrogen) atoms. The quantitative estimate of drug-likeness (QED) is 0.0346.